The van der Waals surface area contributed by atoms with Gasteiger partial charge in [0.2, 0.25) is 5.16 Å². The van der Waals surface area contributed by atoms with E-state index in [1.807, 2.05) is 4.68 Å². The lowest BCUT2D eigenvalue weighted by atomic mass is 10.3. The van der Waals surface area contributed by atoms with Crippen molar-refractivity contribution in [1.29, 1.82) is 0 Å². The molecule has 0 radical (unpaired) electrons. The first kappa shape index (κ1) is 15.7. The van der Waals surface area contributed by atoms with Gasteiger partial charge in [0.1, 0.15) is 0 Å². The molecule has 1 fully saturated rings. The molecular formula is C13H25N5OS. The third kappa shape index (κ3) is 4.71. The van der Waals surface area contributed by atoms with Crippen molar-refractivity contribution in [1.82, 2.24) is 25.5 Å². The van der Waals surface area contributed by atoms with E-state index in [0.29, 0.717) is 11.3 Å². The van der Waals surface area contributed by atoms with E-state index in [9.17, 15) is 0 Å². The molecule has 20 heavy (non-hydrogen) atoms. The zero-order valence-electron chi connectivity index (χ0n) is 12.4. The van der Waals surface area contributed by atoms with Gasteiger partial charge >= 0.3 is 0 Å². The minimum absolute atomic E-state index is 0.462. The monoisotopic (exact) mass is 299 g/mol. The Bertz CT molecular complexity index is 381. The number of methoxy groups -OCH3 is 1. The largest absolute Gasteiger partial charge is 0.385 e. The fourth-order valence-corrected chi connectivity index (χ4v) is 3.45. The van der Waals surface area contributed by atoms with E-state index < -0.39 is 0 Å². The third-order valence-corrected chi connectivity index (χ3v) is 4.62. The Labute approximate surface area is 125 Å². The Morgan fingerprint density at radius 1 is 1.45 bits per heavy atom. The van der Waals surface area contributed by atoms with Crippen molar-refractivity contribution in [3.8, 4) is 0 Å². The van der Waals surface area contributed by atoms with Crippen LogP contribution in [0.3, 0.4) is 0 Å². The van der Waals surface area contributed by atoms with Crippen molar-refractivity contribution in [3.63, 3.8) is 0 Å². The van der Waals surface area contributed by atoms with Gasteiger partial charge in [-0.05, 0) is 36.2 Å². The lowest BCUT2D eigenvalue weighted by molar-refractivity contribution is 0.194. The number of hydrogen-bond acceptors (Lipinski definition) is 6. The lowest BCUT2D eigenvalue weighted by Gasteiger charge is -2.14. The molecule has 0 aromatic carbocycles. The van der Waals surface area contributed by atoms with Crippen LogP contribution in [0.2, 0.25) is 0 Å². The number of rotatable bonds is 9. The van der Waals surface area contributed by atoms with Crippen LogP contribution in [0.5, 0.6) is 0 Å². The van der Waals surface area contributed by atoms with Crippen LogP contribution < -0.4 is 5.32 Å². The summed E-state index contributed by atoms with van der Waals surface area (Å²) in [6, 6.07) is 0.509. The summed E-state index contributed by atoms with van der Waals surface area (Å²) in [6.45, 7) is 4.98. The molecule has 1 saturated carbocycles. The van der Waals surface area contributed by atoms with Crippen LogP contribution in [-0.4, -0.2) is 52.3 Å². The normalized spacial score (nSPS) is 17.7. The topological polar surface area (TPSA) is 64.9 Å². The molecule has 1 unspecified atom stereocenters. The molecule has 1 aliphatic rings. The minimum Gasteiger partial charge on any atom is -0.385 e. The summed E-state index contributed by atoms with van der Waals surface area (Å²) in [5.41, 5.74) is 0. The van der Waals surface area contributed by atoms with Crippen LogP contribution in [0.4, 0.5) is 0 Å². The molecule has 0 amide bonds. The van der Waals surface area contributed by atoms with E-state index in [2.05, 4.69) is 27.8 Å². The summed E-state index contributed by atoms with van der Waals surface area (Å²) < 4.78 is 7.06. The molecule has 2 rings (SSSR count). The Morgan fingerprint density at radius 2 is 2.25 bits per heavy atom. The van der Waals surface area contributed by atoms with Gasteiger partial charge in [0.15, 0.2) is 0 Å². The zero-order valence-corrected chi connectivity index (χ0v) is 13.2. The van der Waals surface area contributed by atoms with Crippen molar-refractivity contribution in [2.24, 2.45) is 0 Å². The second-order valence-corrected chi connectivity index (χ2v) is 6.73. The van der Waals surface area contributed by atoms with Crippen LogP contribution in [0, 0.1) is 0 Å². The van der Waals surface area contributed by atoms with Crippen molar-refractivity contribution < 1.29 is 4.74 Å². The summed E-state index contributed by atoms with van der Waals surface area (Å²) in [4.78, 5) is 0. The highest BCUT2D eigenvalue weighted by atomic mass is 32.2. The first-order chi connectivity index (χ1) is 9.81. The third-order valence-electron chi connectivity index (χ3n) is 3.57. The molecule has 1 atom stereocenters. The minimum atomic E-state index is 0.462. The summed E-state index contributed by atoms with van der Waals surface area (Å²) in [5, 5.41) is 17.1. The van der Waals surface area contributed by atoms with Crippen LogP contribution in [0.1, 0.15) is 45.1 Å². The molecule has 1 aromatic heterocycles. The fourth-order valence-electron chi connectivity index (χ4n) is 2.51. The molecular weight excluding hydrogens is 274 g/mol. The average molecular weight is 299 g/mol. The number of aromatic nitrogens is 4. The van der Waals surface area contributed by atoms with Gasteiger partial charge in [-0.3, -0.25) is 0 Å². The first-order valence-electron chi connectivity index (χ1n) is 7.45. The Kier molecular flexibility index (Phi) is 6.75. The number of thioether (sulfide) groups is 1. The maximum absolute atomic E-state index is 5.03. The Balaban J connectivity index is 1.73. The SMILES string of the molecule is COCCCNCC(C)Sc1nnnn1C1CCCC1. The Hall–Kier alpha value is -0.660. The van der Waals surface area contributed by atoms with Crippen LogP contribution in [-0.2, 0) is 4.74 Å². The number of nitrogens with one attached hydrogen (secondary N) is 1. The molecule has 0 saturated heterocycles. The van der Waals surface area contributed by atoms with Gasteiger partial charge in [-0.15, -0.1) is 5.10 Å². The van der Waals surface area contributed by atoms with Gasteiger partial charge in [0, 0.05) is 25.5 Å². The standard InChI is InChI=1S/C13H25N5OS/c1-11(10-14-8-5-9-19-2)20-13-15-16-17-18(13)12-6-3-4-7-12/h11-12,14H,3-10H2,1-2H3. The van der Waals surface area contributed by atoms with E-state index in [0.717, 1.165) is 31.3 Å². The van der Waals surface area contributed by atoms with E-state index in [1.165, 1.54) is 25.7 Å². The molecule has 1 aromatic rings. The molecule has 0 spiro atoms. The van der Waals surface area contributed by atoms with E-state index >= 15 is 0 Å². The van der Waals surface area contributed by atoms with Gasteiger partial charge in [-0.2, -0.15) is 0 Å². The van der Waals surface area contributed by atoms with Gasteiger partial charge in [-0.1, -0.05) is 31.5 Å². The number of nitrogens with zero attached hydrogens (tertiary/aromatic N) is 4. The summed E-state index contributed by atoms with van der Waals surface area (Å²) in [6.07, 6.45) is 6.06. The van der Waals surface area contributed by atoms with Crippen LogP contribution in [0.25, 0.3) is 0 Å². The predicted octanol–water partition coefficient (Wildman–Crippen LogP) is 1.89. The van der Waals surface area contributed by atoms with E-state index in [1.54, 1.807) is 18.9 Å². The lowest BCUT2D eigenvalue weighted by Crippen LogP contribution is -2.25. The molecule has 0 bridgehead atoms. The highest BCUT2D eigenvalue weighted by Gasteiger charge is 2.22. The van der Waals surface area contributed by atoms with Crippen molar-refractivity contribution in [2.75, 3.05) is 26.8 Å². The highest BCUT2D eigenvalue weighted by molar-refractivity contribution is 7.99. The molecule has 1 N–H and O–H groups in total. The second kappa shape index (κ2) is 8.59. The highest BCUT2D eigenvalue weighted by Crippen LogP contribution is 2.32. The molecule has 6 nitrogen and oxygen atoms in total. The van der Waals surface area contributed by atoms with Gasteiger partial charge in [-0.25, -0.2) is 4.68 Å². The molecule has 0 aliphatic heterocycles. The average Bonchev–Trinajstić information content (AvgIpc) is 3.08. The van der Waals surface area contributed by atoms with Gasteiger partial charge < -0.3 is 10.1 Å². The number of tetrazole rings is 1. The number of ether oxygens (including phenoxy) is 1. The van der Waals surface area contributed by atoms with Crippen molar-refractivity contribution >= 4 is 11.8 Å². The molecule has 1 heterocycles. The van der Waals surface area contributed by atoms with Gasteiger partial charge in [0.05, 0.1) is 6.04 Å². The summed E-state index contributed by atoms with van der Waals surface area (Å²) in [7, 11) is 1.74. The van der Waals surface area contributed by atoms with E-state index in [4.69, 9.17) is 4.74 Å². The predicted molar refractivity (Wildman–Crippen MR) is 80.0 cm³/mol. The zero-order chi connectivity index (χ0) is 14.2. The van der Waals surface area contributed by atoms with Crippen molar-refractivity contribution in [2.45, 2.75) is 55.5 Å². The van der Waals surface area contributed by atoms with E-state index in [-0.39, 0.29) is 0 Å². The first-order valence-corrected chi connectivity index (χ1v) is 8.33. The quantitative estimate of drug-likeness (QED) is 0.555. The number of hydrogen-bond donors (Lipinski definition) is 1. The maximum atomic E-state index is 5.03. The smallest absolute Gasteiger partial charge is 0.209 e. The molecule has 114 valence electrons. The Morgan fingerprint density at radius 3 is 3.00 bits per heavy atom. The van der Waals surface area contributed by atoms with Crippen LogP contribution in [0.15, 0.2) is 5.16 Å². The molecule has 7 heteroatoms. The van der Waals surface area contributed by atoms with Gasteiger partial charge in [0.25, 0.3) is 0 Å². The van der Waals surface area contributed by atoms with Crippen LogP contribution >= 0.6 is 11.8 Å². The molecule has 1 aliphatic carbocycles. The fraction of sp³-hybridized carbons (Fsp3) is 0.923. The summed E-state index contributed by atoms with van der Waals surface area (Å²) in [5.74, 6) is 0. The summed E-state index contributed by atoms with van der Waals surface area (Å²) >= 11 is 1.76. The van der Waals surface area contributed by atoms with Crippen molar-refractivity contribution in [3.05, 3.63) is 0 Å². The second-order valence-electron chi connectivity index (χ2n) is 5.32. The maximum Gasteiger partial charge on any atom is 0.209 e.